The molecule has 0 amide bonds. The van der Waals surface area contributed by atoms with E-state index in [1.807, 2.05) is 0 Å². The number of nitrogens with one attached hydrogen (secondary N) is 1. The number of sulfonamides is 1. The quantitative estimate of drug-likeness (QED) is 0.621. The van der Waals surface area contributed by atoms with Gasteiger partial charge in [-0.1, -0.05) is 30.3 Å². The molecule has 0 radical (unpaired) electrons. The summed E-state index contributed by atoms with van der Waals surface area (Å²) in [7, 11) is -3.56. The third-order valence-electron chi connectivity index (χ3n) is 3.22. The first-order valence-corrected chi connectivity index (χ1v) is 8.53. The Bertz CT molecular complexity index is 817. The minimum absolute atomic E-state index is 0.0239. The van der Waals surface area contributed by atoms with Gasteiger partial charge in [0.1, 0.15) is 5.69 Å². The molecule has 7 nitrogen and oxygen atoms in total. The van der Waals surface area contributed by atoms with Crippen molar-refractivity contribution in [3.8, 4) is 0 Å². The van der Waals surface area contributed by atoms with E-state index >= 15 is 0 Å². The van der Waals surface area contributed by atoms with Gasteiger partial charge < -0.3 is 5.32 Å². The van der Waals surface area contributed by atoms with E-state index in [1.54, 1.807) is 43.3 Å². The minimum Gasteiger partial charge on any atom is -0.375 e. The number of hydrogen-bond acceptors (Lipinski definition) is 5. The van der Waals surface area contributed by atoms with Crippen molar-refractivity contribution in [3.05, 3.63) is 69.3 Å². The standard InChI is InChI=1S/C15H17N3O4S/c1-11-2-7-14(15(8-11)18(19)20)17-9-12-3-5-13(6-4-12)10-23(16,21)22/h2-8,17H,9-10H2,1H3,(H2,16,21,22). The van der Waals surface area contributed by atoms with Gasteiger partial charge in [-0.05, 0) is 29.7 Å². The average molecular weight is 335 g/mol. The molecule has 2 rings (SSSR count). The number of hydrogen-bond donors (Lipinski definition) is 2. The molecule has 2 aromatic carbocycles. The highest BCUT2D eigenvalue weighted by Gasteiger charge is 2.13. The fraction of sp³-hybridized carbons (Fsp3) is 0.200. The molecule has 0 unspecified atom stereocenters. The molecule has 3 N–H and O–H groups in total. The first-order valence-electron chi connectivity index (χ1n) is 6.82. The topological polar surface area (TPSA) is 115 Å². The van der Waals surface area contributed by atoms with Crippen LogP contribution in [0.2, 0.25) is 0 Å². The number of benzene rings is 2. The summed E-state index contributed by atoms with van der Waals surface area (Å²) in [5, 5.41) is 19.1. The Morgan fingerprint density at radius 2 is 1.74 bits per heavy atom. The van der Waals surface area contributed by atoms with Gasteiger partial charge in [-0.2, -0.15) is 0 Å². The van der Waals surface area contributed by atoms with Crippen LogP contribution in [0.4, 0.5) is 11.4 Å². The second kappa shape index (κ2) is 6.76. The Labute approximate surface area is 134 Å². The molecular formula is C15H17N3O4S. The summed E-state index contributed by atoms with van der Waals surface area (Å²) in [5.41, 5.74) is 2.75. The molecule has 2 aromatic rings. The Morgan fingerprint density at radius 3 is 2.30 bits per heavy atom. The number of primary sulfonamides is 1. The second-order valence-electron chi connectivity index (χ2n) is 5.25. The maximum absolute atomic E-state index is 11.1. The molecule has 0 aliphatic rings. The van der Waals surface area contributed by atoms with Crippen molar-refractivity contribution >= 4 is 21.4 Å². The summed E-state index contributed by atoms with van der Waals surface area (Å²) in [6, 6.07) is 11.8. The van der Waals surface area contributed by atoms with Crippen LogP contribution in [0, 0.1) is 17.0 Å². The smallest absolute Gasteiger partial charge is 0.292 e. The molecule has 0 fully saturated rings. The Hall–Kier alpha value is -2.45. The molecular weight excluding hydrogens is 318 g/mol. The number of aryl methyl sites for hydroxylation is 1. The van der Waals surface area contributed by atoms with Crippen LogP contribution in [0.3, 0.4) is 0 Å². The van der Waals surface area contributed by atoms with Crippen LogP contribution in [-0.2, 0) is 22.3 Å². The van der Waals surface area contributed by atoms with Gasteiger partial charge in [0.05, 0.1) is 10.7 Å². The fourth-order valence-corrected chi connectivity index (χ4v) is 2.78. The zero-order valence-corrected chi connectivity index (χ0v) is 13.3. The van der Waals surface area contributed by atoms with Gasteiger partial charge in [0, 0.05) is 12.6 Å². The normalized spacial score (nSPS) is 11.2. The SMILES string of the molecule is Cc1ccc(NCc2ccc(CS(N)(=O)=O)cc2)c([N+](=O)[O-])c1. The van der Waals surface area contributed by atoms with Gasteiger partial charge in [-0.15, -0.1) is 0 Å². The zero-order valence-electron chi connectivity index (χ0n) is 12.5. The summed E-state index contributed by atoms with van der Waals surface area (Å²) in [6.07, 6.45) is 0. The van der Waals surface area contributed by atoms with Crippen molar-refractivity contribution in [2.24, 2.45) is 5.14 Å². The number of nitrogens with two attached hydrogens (primary N) is 1. The monoisotopic (exact) mass is 335 g/mol. The Morgan fingerprint density at radius 1 is 1.13 bits per heavy atom. The van der Waals surface area contributed by atoms with E-state index in [2.05, 4.69) is 5.32 Å². The Balaban J connectivity index is 2.08. The van der Waals surface area contributed by atoms with Gasteiger partial charge in [0.2, 0.25) is 10.0 Å². The first kappa shape index (κ1) is 16.9. The zero-order chi connectivity index (χ0) is 17.0. The molecule has 0 saturated heterocycles. The third-order valence-corrected chi connectivity index (χ3v) is 3.96. The second-order valence-corrected chi connectivity index (χ2v) is 6.87. The largest absolute Gasteiger partial charge is 0.375 e. The van der Waals surface area contributed by atoms with Crippen LogP contribution < -0.4 is 10.5 Å². The highest BCUT2D eigenvalue weighted by Crippen LogP contribution is 2.25. The van der Waals surface area contributed by atoms with Crippen LogP contribution in [0.1, 0.15) is 16.7 Å². The molecule has 0 atom stereocenters. The lowest BCUT2D eigenvalue weighted by molar-refractivity contribution is -0.384. The number of anilines is 1. The lowest BCUT2D eigenvalue weighted by Crippen LogP contribution is -2.14. The van der Waals surface area contributed by atoms with Gasteiger partial charge >= 0.3 is 0 Å². The number of nitro groups is 1. The van der Waals surface area contributed by atoms with Gasteiger partial charge in [0.25, 0.3) is 5.69 Å². The highest BCUT2D eigenvalue weighted by atomic mass is 32.2. The predicted molar refractivity (Wildman–Crippen MR) is 88.4 cm³/mol. The van der Waals surface area contributed by atoms with Crippen molar-refractivity contribution in [3.63, 3.8) is 0 Å². The highest BCUT2D eigenvalue weighted by molar-refractivity contribution is 7.88. The summed E-state index contributed by atoms with van der Waals surface area (Å²) < 4.78 is 22.1. The lowest BCUT2D eigenvalue weighted by atomic mass is 10.1. The number of nitrogens with zero attached hydrogens (tertiary/aromatic N) is 1. The molecule has 0 bridgehead atoms. The average Bonchev–Trinajstić information content (AvgIpc) is 2.45. The van der Waals surface area contributed by atoms with Crippen LogP contribution in [0.25, 0.3) is 0 Å². The molecule has 0 saturated carbocycles. The molecule has 0 aromatic heterocycles. The van der Waals surface area contributed by atoms with Gasteiger partial charge in [-0.3, -0.25) is 10.1 Å². The van der Waals surface area contributed by atoms with E-state index < -0.39 is 14.9 Å². The summed E-state index contributed by atoms with van der Waals surface area (Å²) in [6.45, 7) is 2.18. The van der Waals surface area contributed by atoms with Crippen LogP contribution in [0.5, 0.6) is 0 Å². The summed E-state index contributed by atoms with van der Waals surface area (Å²) in [5.74, 6) is -0.218. The lowest BCUT2D eigenvalue weighted by Gasteiger charge is -2.08. The molecule has 23 heavy (non-hydrogen) atoms. The fourth-order valence-electron chi connectivity index (χ4n) is 2.13. The molecule has 0 spiro atoms. The van der Waals surface area contributed by atoms with Gasteiger partial charge in [0.15, 0.2) is 0 Å². The van der Waals surface area contributed by atoms with E-state index in [0.717, 1.165) is 11.1 Å². The van der Waals surface area contributed by atoms with E-state index in [0.29, 0.717) is 17.8 Å². The van der Waals surface area contributed by atoms with Crippen molar-refractivity contribution < 1.29 is 13.3 Å². The Kier molecular flexibility index (Phi) is 4.97. The van der Waals surface area contributed by atoms with Crippen LogP contribution in [0.15, 0.2) is 42.5 Å². The van der Waals surface area contributed by atoms with Crippen molar-refractivity contribution in [2.45, 2.75) is 19.2 Å². The third kappa shape index (κ3) is 5.04. The van der Waals surface area contributed by atoms with E-state index in [1.165, 1.54) is 6.07 Å². The molecule has 122 valence electrons. The summed E-state index contributed by atoms with van der Waals surface area (Å²) >= 11 is 0. The molecule has 0 aliphatic heterocycles. The molecule has 0 heterocycles. The van der Waals surface area contributed by atoms with Gasteiger partial charge in [-0.25, -0.2) is 13.6 Å². The minimum atomic E-state index is -3.56. The molecule has 0 aliphatic carbocycles. The first-order chi connectivity index (χ1) is 10.7. The van der Waals surface area contributed by atoms with E-state index in [9.17, 15) is 18.5 Å². The van der Waals surface area contributed by atoms with Crippen molar-refractivity contribution in [1.82, 2.24) is 0 Å². The van der Waals surface area contributed by atoms with Crippen LogP contribution >= 0.6 is 0 Å². The van der Waals surface area contributed by atoms with Crippen LogP contribution in [-0.4, -0.2) is 13.3 Å². The van der Waals surface area contributed by atoms with Crippen molar-refractivity contribution in [1.29, 1.82) is 0 Å². The van der Waals surface area contributed by atoms with E-state index in [-0.39, 0.29) is 11.4 Å². The maximum Gasteiger partial charge on any atom is 0.292 e. The molecule has 8 heteroatoms. The maximum atomic E-state index is 11.1. The van der Waals surface area contributed by atoms with E-state index in [4.69, 9.17) is 5.14 Å². The summed E-state index contributed by atoms with van der Waals surface area (Å²) in [4.78, 5) is 10.6. The number of nitro benzene ring substituents is 1. The predicted octanol–water partition coefficient (Wildman–Crippen LogP) is 2.30. The number of rotatable bonds is 6. The van der Waals surface area contributed by atoms with Crippen molar-refractivity contribution in [2.75, 3.05) is 5.32 Å².